The van der Waals surface area contributed by atoms with Crippen LogP contribution in [0.15, 0.2) is 24.7 Å². The van der Waals surface area contributed by atoms with Crippen molar-refractivity contribution in [3.8, 4) is 0 Å². The highest BCUT2D eigenvalue weighted by atomic mass is 35.5. The van der Waals surface area contributed by atoms with E-state index in [4.69, 9.17) is 0 Å². The number of halogens is 1. The fraction of sp³-hybridized carbons (Fsp3) is 0.625. The molecule has 1 fully saturated rings. The van der Waals surface area contributed by atoms with Gasteiger partial charge in [0, 0.05) is 18.4 Å². The van der Waals surface area contributed by atoms with Gasteiger partial charge < -0.3 is 5.32 Å². The molecule has 1 aliphatic rings. The molecule has 1 N–H and O–H groups in total. The Labute approximate surface area is 138 Å². The number of aromatic nitrogens is 4. The van der Waals surface area contributed by atoms with Gasteiger partial charge >= 0.3 is 0 Å². The number of nitrogens with one attached hydrogen (secondary N) is 1. The predicted octanol–water partition coefficient (Wildman–Crippen LogP) is 4.20. The second-order valence-electron chi connectivity index (χ2n) is 6.03. The van der Waals surface area contributed by atoms with Crippen molar-refractivity contribution in [3.05, 3.63) is 30.4 Å². The minimum Gasteiger partial charge on any atom is -0.377 e. The lowest BCUT2D eigenvalue weighted by Crippen LogP contribution is -2.12. The van der Waals surface area contributed by atoms with Crippen LogP contribution in [0.4, 0.5) is 5.69 Å². The molecular weight excluding hydrogens is 298 g/mol. The summed E-state index contributed by atoms with van der Waals surface area (Å²) in [6, 6.07) is 3.13. The van der Waals surface area contributed by atoms with E-state index in [1.807, 2.05) is 12.4 Å². The number of hydrogen-bond acceptors (Lipinski definition) is 3. The van der Waals surface area contributed by atoms with Crippen LogP contribution in [0.5, 0.6) is 0 Å². The summed E-state index contributed by atoms with van der Waals surface area (Å²) in [5.74, 6) is 0. The van der Waals surface area contributed by atoms with E-state index in [2.05, 4.69) is 51.0 Å². The maximum atomic E-state index is 4.50. The predicted molar refractivity (Wildman–Crippen MR) is 91.5 cm³/mol. The van der Waals surface area contributed by atoms with E-state index >= 15 is 0 Å². The summed E-state index contributed by atoms with van der Waals surface area (Å²) >= 11 is 0. The Balaban J connectivity index is 0.00000176. The lowest BCUT2D eigenvalue weighted by atomic mass is 10.2. The van der Waals surface area contributed by atoms with E-state index in [0.29, 0.717) is 12.1 Å². The van der Waals surface area contributed by atoms with Crippen molar-refractivity contribution < 1.29 is 0 Å². The molecule has 0 radical (unpaired) electrons. The molecule has 22 heavy (non-hydrogen) atoms. The molecule has 0 saturated heterocycles. The zero-order valence-corrected chi connectivity index (χ0v) is 14.2. The smallest absolute Gasteiger partial charge is 0.0729 e. The van der Waals surface area contributed by atoms with Gasteiger partial charge in [0.2, 0.25) is 0 Å². The summed E-state index contributed by atoms with van der Waals surface area (Å²) in [5.41, 5.74) is 2.32. The highest BCUT2D eigenvalue weighted by Crippen LogP contribution is 2.29. The van der Waals surface area contributed by atoms with Crippen molar-refractivity contribution in [2.45, 2.75) is 64.6 Å². The van der Waals surface area contributed by atoms with E-state index < -0.39 is 0 Å². The SMILES string of the molecule is CCC(C)n1nccc1CNc1cnn(C2CCCC2)c1.Cl. The standard InChI is InChI=1S/C16H25N5.ClH/c1-3-13(2)21-16(8-9-18-21)11-17-14-10-19-20(12-14)15-6-4-5-7-15;/h8-10,12-13,15,17H,3-7,11H2,1-2H3;1H. The first kappa shape index (κ1) is 16.9. The number of anilines is 1. The Kier molecular flexibility index (Phi) is 5.89. The molecule has 6 heteroatoms. The van der Waals surface area contributed by atoms with Crippen LogP contribution in [0.1, 0.15) is 63.7 Å². The molecule has 1 saturated carbocycles. The van der Waals surface area contributed by atoms with Gasteiger partial charge in [0.05, 0.1) is 30.2 Å². The second kappa shape index (κ2) is 7.68. The van der Waals surface area contributed by atoms with Crippen LogP contribution in [0, 0.1) is 0 Å². The Morgan fingerprint density at radius 3 is 2.82 bits per heavy atom. The fourth-order valence-corrected chi connectivity index (χ4v) is 3.04. The van der Waals surface area contributed by atoms with E-state index in [0.717, 1.165) is 18.7 Å². The highest BCUT2D eigenvalue weighted by molar-refractivity contribution is 5.85. The minimum atomic E-state index is 0. The van der Waals surface area contributed by atoms with E-state index in [1.165, 1.54) is 31.4 Å². The monoisotopic (exact) mass is 323 g/mol. The molecule has 5 nitrogen and oxygen atoms in total. The van der Waals surface area contributed by atoms with Crippen molar-refractivity contribution in [2.24, 2.45) is 0 Å². The molecule has 0 amide bonds. The molecule has 122 valence electrons. The van der Waals surface area contributed by atoms with Gasteiger partial charge in [0.15, 0.2) is 0 Å². The Morgan fingerprint density at radius 2 is 2.09 bits per heavy atom. The third-order valence-electron chi connectivity index (χ3n) is 4.53. The number of rotatable bonds is 6. The van der Waals surface area contributed by atoms with Gasteiger partial charge in [-0.25, -0.2) is 0 Å². The van der Waals surface area contributed by atoms with Crippen LogP contribution < -0.4 is 5.32 Å². The number of nitrogens with zero attached hydrogens (tertiary/aromatic N) is 4. The summed E-state index contributed by atoms with van der Waals surface area (Å²) in [4.78, 5) is 0. The van der Waals surface area contributed by atoms with E-state index in [-0.39, 0.29) is 12.4 Å². The molecule has 2 heterocycles. The summed E-state index contributed by atoms with van der Waals surface area (Å²) in [7, 11) is 0. The van der Waals surface area contributed by atoms with Crippen molar-refractivity contribution in [2.75, 3.05) is 5.32 Å². The first-order chi connectivity index (χ1) is 10.3. The molecule has 1 aliphatic carbocycles. The van der Waals surface area contributed by atoms with Gasteiger partial charge in [0.25, 0.3) is 0 Å². The molecule has 1 atom stereocenters. The van der Waals surface area contributed by atoms with Crippen molar-refractivity contribution in [1.29, 1.82) is 0 Å². The molecule has 0 aromatic carbocycles. The second-order valence-corrected chi connectivity index (χ2v) is 6.03. The number of hydrogen-bond donors (Lipinski definition) is 1. The molecular formula is C16H26ClN5. The molecule has 0 bridgehead atoms. The van der Waals surface area contributed by atoms with Crippen LogP contribution in [0.25, 0.3) is 0 Å². The van der Waals surface area contributed by atoms with Crippen LogP contribution in [0.2, 0.25) is 0 Å². The van der Waals surface area contributed by atoms with Crippen molar-refractivity contribution in [1.82, 2.24) is 19.6 Å². The molecule has 0 aliphatic heterocycles. The topological polar surface area (TPSA) is 47.7 Å². The Hall–Kier alpha value is -1.49. The van der Waals surface area contributed by atoms with Crippen LogP contribution in [0.3, 0.4) is 0 Å². The van der Waals surface area contributed by atoms with Gasteiger partial charge in [-0.1, -0.05) is 19.8 Å². The molecule has 2 aromatic heterocycles. The molecule has 3 rings (SSSR count). The Morgan fingerprint density at radius 1 is 1.32 bits per heavy atom. The summed E-state index contributed by atoms with van der Waals surface area (Å²) in [6.45, 7) is 5.19. The van der Waals surface area contributed by atoms with Crippen molar-refractivity contribution >= 4 is 18.1 Å². The van der Waals surface area contributed by atoms with E-state index in [1.54, 1.807) is 0 Å². The highest BCUT2D eigenvalue weighted by Gasteiger charge is 2.17. The summed E-state index contributed by atoms with van der Waals surface area (Å²) in [5, 5.41) is 12.4. The van der Waals surface area contributed by atoms with Gasteiger partial charge in [-0.05, 0) is 32.3 Å². The van der Waals surface area contributed by atoms with Gasteiger partial charge in [-0.3, -0.25) is 9.36 Å². The van der Waals surface area contributed by atoms with Crippen LogP contribution in [-0.2, 0) is 6.54 Å². The van der Waals surface area contributed by atoms with Gasteiger partial charge in [0.1, 0.15) is 0 Å². The Bertz CT molecular complexity index is 571. The summed E-state index contributed by atoms with van der Waals surface area (Å²) in [6.07, 6.45) is 12.2. The molecule has 2 aromatic rings. The van der Waals surface area contributed by atoms with Crippen LogP contribution >= 0.6 is 12.4 Å². The average Bonchev–Trinajstić information content (AvgIpc) is 3.23. The third-order valence-corrected chi connectivity index (χ3v) is 4.53. The maximum absolute atomic E-state index is 4.50. The van der Waals surface area contributed by atoms with E-state index in [9.17, 15) is 0 Å². The zero-order chi connectivity index (χ0) is 14.7. The molecule has 0 spiro atoms. The maximum Gasteiger partial charge on any atom is 0.0729 e. The quantitative estimate of drug-likeness (QED) is 0.866. The lowest BCUT2D eigenvalue weighted by molar-refractivity contribution is 0.462. The minimum absolute atomic E-state index is 0. The largest absolute Gasteiger partial charge is 0.377 e. The lowest BCUT2D eigenvalue weighted by Gasteiger charge is -2.14. The normalized spacial score (nSPS) is 16.5. The first-order valence-corrected chi connectivity index (χ1v) is 8.08. The van der Waals surface area contributed by atoms with Crippen LogP contribution in [-0.4, -0.2) is 19.6 Å². The van der Waals surface area contributed by atoms with Gasteiger partial charge in [-0.2, -0.15) is 10.2 Å². The van der Waals surface area contributed by atoms with Crippen molar-refractivity contribution in [3.63, 3.8) is 0 Å². The first-order valence-electron chi connectivity index (χ1n) is 8.08. The fourth-order valence-electron chi connectivity index (χ4n) is 3.04. The average molecular weight is 324 g/mol. The molecule has 1 unspecified atom stereocenters. The zero-order valence-electron chi connectivity index (χ0n) is 13.4. The summed E-state index contributed by atoms with van der Waals surface area (Å²) < 4.78 is 4.23. The third kappa shape index (κ3) is 3.64. The van der Waals surface area contributed by atoms with Gasteiger partial charge in [-0.15, -0.1) is 12.4 Å².